The first-order valence-electron chi connectivity index (χ1n) is 20.1. The average molecular weight is 768 g/mol. The second-order valence-electron chi connectivity index (χ2n) is 15.0. The Kier molecular flexibility index (Phi) is 7.74. The number of benzene rings is 9. The fraction of sp³-hybridized carbons (Fsp3) is 0. The lowest BCUT2D eigenvalue weighted by molar-refractivity contribution is 0.623. The van der Waals surface area contributed by atoms with Crippen LogP contribution >= 0.6 is 0 Å². The molecule has 0 amide bonds. The lowest BCUT2D eigenvalue weighted by Gasteiger charge is -2.13. The molecule has 9 aromatic carbocycles. The van der Waals surface area contributed by atoms with Crippen LogP contribution in [0.5, 0.6) is 0 Å². The lowest BCUT2D eigenvalue weighted by Crippen LogP contribution is -2.00. The highest BCUT2D eigenvalue weighted by Crippen LogP contribution is 2.40. The highest BCUT2D eigenvalue weighted by molar-refractivity contribution is 6.13. The van der Waals surface area contributed by atoms with Gasteiger partial charge in [0.05, 0.1) is 11.0 Å². The van der Waals surface area contributed by atoms with Crippen LogP contribution < -0.4 is 0 Å². The zero-order valence-corrected chi connectivity index (χ0v) is 32.2. The molecule has 0 radical (unpaired) electrons. The molecule has 3 heterocycles. The van der Waals surface area contributed by atoms with E-state index in [1.165, 1.54) is 5.39 Å². The first-order valence-corrected chi connectivity index (χ1v) is 20.1. The van der Waals surface area contributed by atoms with E-state index >= 15 is 0 Å². The van der Waals surface area contributed by atoms with E-state index in [0.717, 1.165) is 88.1 Å². The van der Waals surface area contributed by atoms with Gasteiger partial charge in [0.15, 0.2) is 23.1 Å². The zero-order valence-electron chi connectivity index (χ0n) is 32.2. The van der Waals surface area contributed by atoms with Crippen molar-refractivity contribution >= 4 is 54.5 Å². The first-order chi connectivity index (χ1) is 29.7. The highest BCUT2D eigenvalue weighted by atomic mass is 16.3. The Morgan fingerprint density at radius 2 is 0.983 bits per heavy atom. The minimum Gasteiger partial charge on any atom is -0.435 e. The van der Waals surface area contributed by atoms with Crippen molar-refractivity contribution < 1.29 is 4.42 Å². The minimum atomic E-state index is 0.606. The van der Waals surface area contributed by atoms with Crippen LogP contribution in [0, 0.1) is 0 Å². The summed E-state index contributed by atoms with van der Waals surface area (Å²) in [5.41, 5.74) is 10.8. The average Bonchev–Trinajstić information content (AvgIpc) is 3.91. The van der Waals surface area contributed by atoms with Crippen molar-refractivity contribution in [3.05, 3.63) is 200 Å². The van der Waals surface area contributed by atoms with Gasteiger partial charge in [-0.3, -0.25) is 0 Å². The Balaban J connectivity index is 1.04. The molecule has 6 heteroatoms. The zero-order chi connectivity index (χ0) is 39.6. The number of aromatic nitrogens is 5. The summed E-state index contributed by atoms with van der Waals surface area (Å²) in [7, 11) is 0. The van der Waals surface area contributed by atoms with Gasteiger partial charge in [-0.15, -0.1) is 0 Å². The van der Waals surface area contributed by atoms with Crippen LogP contribution in [0.15, 0.2) is 205 Å². The number of nitrogens with zero attached hydrogens (tertiary/aromatic N) is 5. The molecule has 0 aliphatic heterocycles. The van der Waals surface area contributed by atoms with Crippen molar-refractivity contribution in [2.45, 2.75) is 0 Å². The monoisotopic (exact) mass is 767 g/mol. The summed E-state index contributed by atoms with van der Waals surface area (Å²) in [6.07, 6.45) is 0. The van der Waals surface area contributed by atoms with Gasteiger partial charge in [0.1, 0.15) is 5.52 Å². The smallest absolute Gasteiger partial charge is 0.227 e. The van der Waals surface area contributed by atoms with E-state index in [1.807, 2.05) is 54.6 Å². The third-order valence-electron chi connectivity index (χ3n) is 11.5. The van der Waals surface area contributed by atoms with E-state index in [4.69, 9.17) is 24.4 Å². The van der Waals surface area contributed by atoms with Crippen LogP contribution in [-0.2, 0) is 0 Å². The van der Waals surface area contributed by atoms with Gasteiger partial charge in [-0.2, -0.15) is 0 Å². The molecule has 0 bridgehead atoms. The minimum absolute atomic E-state index is 0.606. The predicted molar refractivity (Wildman–Crippen MR) is 244 cm³/mol. The Hall–Kier alpha value is -8.22. The summed E-state index contributed by atoms with van der Waals surface area (Å²) >= 11 is 0. The van der Waals surface area contributed by atoms with Gasteiger partial charge in [0, 0.05) is 44.1 Å². The van der Waals surface area contributed by atoms with E-state index < -0.39 is 0 Å². The van der Waals surface area contributed by atoms with E-state index in [9.17, 15) is 0 Å². The van der Waals surface area contributed by atoms with Crippen LogP contribution in [0.3, 0.4) is 0 Å². The van der Waals surface area contributed by atoms with Crippen LogP contribution in [0.4, 0.5) is 0 Å². The van der Waals surface area contributed by atoms with Crippen molar-refractivity contribution in [2.75, 3.05) is 0 Å². The summed E-state index contributed by atoms with van der Waals surface area (Å²) in [5.74, 6) is 2.44. The largest absolute Gasteiger partial charge is 0.435 e. The third kappa shape index (κ3) is 5.57. The molecule has 0 aliphatic carbocycles. The summed E-state index contributed by atoms with van der Waals surface area (Å²) in [4.78, 5) is 20.5. The number of rotatable bonds is 6. The maximum atomic E-state index is 6.56. The summed E-state index contributed by atoms with van der Waals surface area (Å²) < 4.78 is 8.88. The number of para-hydroxylation sites is 2. The molecular weight excluding hydrogens is 735 g/mol. The molecule has 0 saturated heterocycles. The number of fused-ring (bicyclic) bond motifs is 7. The molecule has 12 aromatic rings. The molecule has 0 aliphatic rings. The molecule has 3 aromatic heterocycles. The molecule has 6 nitrogen and oxygen atoms in total. The van der Waals surface area contributed by atoms with E-state index in [1.54, 1.807) is 0 Å². The van der Waals surface area contributed by atoms with Crippen molar-refractivity contribution in [1.29, 1.82) is 0 Å². The van der Waals surface area contributed by atoms with Crippen LogP contribution in [0.2, 0.25) is 0 Å². The third-order valence-corrected chi connectivity index (χ3v) is 11.5. The topological polar surface area (TPSA) is 69.6 Å². The van der Waals surface area contributed by atoms with Crippen molar-refractivity contribution in [2.24, 2.45) is 0 Å². The van der Waals surface area contributed by atoms with Gasteiger partial charge < -0.3 is 8.98 Å². The fourth-order valence-electron chi connectivity index (χ4n) is 8.64. The maximum absolute atomic E-state index is 6.56. The fourth-order valence-corrected chi connectivity index (χ4v) is 8.64. The van der Waals surface area contributed by atoms with Crippen molar-refractivity contribution in [3.63, 3.8) is 0 Å². The molecular formula is C54H33N5O. The maximum Gasteiger partial charge on any atom is 0.227 e. The molecule has 0 N–H and O–H groups in total. The number of hydrogen-bond acceptors (Lipinski definition) is 5. The SMILES string of the molecule is c1ccc(-c2nc(-c3ccc4c(c3)c3ccccc3n4-c3ccccc3)nc(-c3cccc4ccc(-c5cccc6ccc7nc(-c8ccccc8)oc7c56)cc34)n2)cc1. The Morgan fingerprint density at radius 3 is 1.80 bits per heavy atom. The van der Waals surface area contributed by atoms with Crippen molar-refractivity contribution in [3.8, 4) is 62.4 Å². The number of oxazole rings is 1. The number of hydrogen-bond donors (Lipinski definition) is 0. The van der Waals surface area contributed by atoms with Gasteiger partial charge >= 0.3 is 0 Å². The van der Waals surface area contributed by atoms with Gasteiger partial charge in [-0.1, -0.05) is 140 Å². The molecule has 0 spiro atoms. The van der Waals surface area contributed by atoms with Gasteiger partial charge in [-0.05, 0) is 87.9 Å². The molecule has 280 valence electrons. The molecule has 12 rings (SSSR count). The first kappa shape index (κ1) is 33.9. The van der Waals surface area contributed by atoms with Gasteiger partial charge in [0.25, 0.3) is 0 Å². The van der Waals surface area contributed by atoms with Crippen LogP contribution in [0.25, 0.3) is 117 Å². The highest BCUT2D eigenvalue weighted by Gasteiger charge is 2.19. The van der Waals surface area contributed by atoms with Crippen molar-refractivity contribution in [1.82, 2.24) is 24.5 Å². The molecule has 0 fully saturated rings. The van der Waals surface area contributed by atoms with Crippen LogP contribution in [-0.4, -0.2) is 24.5 Å². The Morgan fingerprint density at radius 1 is 0.367 bits per heavy atom. The quantitative estimate of drug-likeness (QED) is 0.168. The van der Waals surface area contributed by atoms with E-state index in [0.29, 0.717) is 23.4 Å². The molecule has 0 saturated carbocycles. The van der Waals surface area contributed by atoms with E-state index in [2.05, 4.69) is 150 Å². The van der Waals surface area contributed by atoms with Crippen LogP contribution in [0.1, 0.15) is 0 Å². The Labute approximate surface area is 344 Å². The second kappa shape index (κ2) is 13.7. The van der Waals surface area contributed by atoms with Gasteiger partial charge in [0.2, 0.25) is 5.89 Å². The molecule has 0 atom stereocenters. The lowest BCUT2D eigenvalue weighted by atomic mass is 9.94. The normalized spacial score (nSPS) is 11.7. The summed E-state index contributed by atoms with van der Waals surface area (Å²) in [6, 6.07) is 69.3. The summed E-state index contributed by atoms with van der Waals surface area (Å²) in [5, 5.41) is 6.55. The van der Waals surface area contributed by atoms with E-state index in [-0.39, 0.29) is 0 Å². The summed E-state index contributed by atoms with van der Waals surface area (Å²) in [6.45, 7) is 0. The molecule has 60 heavy (non-hydrogen) atoms. The standard InChI is InChI=1S/C54H33N5O/c1-4-14-36(15-5-1)51-56-52(39-29-31-48-45(33-39)42-22-10-11-25-47(42)59(48)40-20-8-3-9-21-40)58-53(57-51)43-24-12-18-34-26-27-38(32-44(34)43)41-23-13-19-35-28-30-46-50(49(35)41)60-54(55-46)37-16-6-2-7-17-37/h1-33H. The predicted octanol–water partition coefficient (Wildman–Crippen LogP) is 13.8. The van der Waals surface area contributed by atoms with Gasteiger partial charge in [-0.25, -0.2) is 19.9 Å². The Bertz CT molecular complexity index is 3590. The molecule has 0 unspecified atom stereocenters. The second-order valence-corrected chi connectivity index (χ2v) is 15.0.